The fraction of sp³-hybridized carbons (Fsp3) is 1.00. The molecule has 4 atom stereocenters. The number of fused-ring (bicyclic) bond motifs is 5. The topological polar surface area (TPSA) is 12.0 Å². The highest BCUT2D eigenvalue weighted by molar-refractivity contribution is 5.05. The van der Waals surface area contributed by atoms with E-state index in [-0.39, 0.29) is 0 Å². The van der Waals surface area contributed by atoms with Crippen LogP contribution in [-0.2, 0) is 0 Å². The summed E-state index contributed by atoms with van der Waals surface area (Å²) in [4.78, 5) is 0. The first kappa shape index (κ1) is 4.73. The highest BCUT2D eigenvalue weighted by atomic mass is 15.0. The Morgan fingerprint density at radius 3 is 2.44 bits per heavy atom. The van der Waals surface area contributed by atoms with Crippen molar-refractivity contribution in [3.05, 3.63) is 0 Å². The van der Waals surface area contributed by atoms with Gasteiger partial charge >= 0.3 is 0 Å². The van der Waals surface area contributed by atoms with Crippen LogP contribution in [-0.4, -0.2) is 12.6 Å². The molecule has 3 fully saturated rings. The fourth-order valence-electron chi connectivity index (χ4n) is 3.08. The Balaban J connectivity index is 1.94. The lowest BCUT2D eigenvalue weighted by Crippen LogP contribution is -2.43. The molecule has 1 aliphatic heterocycles. The van der Waals surface area contributed by atoms with E-state index in [0.717, 1.165) is 23.8 Å². The first-order valence-electron chi connectivity index (χ1n) is 4.18. The molecule has 1 N–H and O–H groups in total. The van der Waals surface area contributed by atoms with E-state index in [1.54, 1.807) is 6.42 Å². The molecule has 2 saturated carbocycles. The monoisotopic (exact) mass is 123 g/mol. The Kier molecular flexibility index (Phi) is 0.704. The third kappa shape index (κ3) is 0.420. The zero-order chi connectivity index (χ0) is 5.84. The van der Waals surface area contributed by atoms with E-state index in [0.29, 0.717) is 0 Å². The van der Waals surface area contributed by atoms with Gasteiger partial charge in [-0.2, -0.15) is 0 Å². The molecule has 50 valence electrons. The van der Waals surface area contributed by atoms with Crippen molar-refractivity contribution in [3.63, 3.8) is 0 Å². The fourth-order valence-corrected chi connectivity index (χ4v) is 3.08. The summed E-state index contributed by atoms with van der Waals surface area (Å²) in [5.41, 5.74) is 0. The highest BCUT2D eigenvalue weighted by Gasteiger charge is 2.51. The van der Waals surface area contributed by atoms with Crippen LogP contribution in [0.15, 0.2) is 0 Å². The van der Waals surface area contributed by atoms with Crippen molar-refractivity contribution in [2.24, 2.45) is 17.8 Å². The molecule has 1 heterocycles. The summed E-state index contributed by atoms with van der Waals surface area (Å²) in [7, 11) is 0. The molecule has 1 heteroatoms. The largest absolute Gasteiger partial charge is 0.313 e. The second-order valence-electron chi connectivity index (χ2n) is 3.92. The van der Waals surface area contributed by atoms with Crippen molar-refractivity contribution < 1.29 is 0 Å². The maximum Gasteiger partial charge on any atom is 0.0101 e. The summed E-state index contributed by atoms with van der Waals surface area (Å²) in [6.07, 6.45) is 4.58. The lowest BCUT2D eigenvalue weighted by molar-refractivity contribution is 0.122. The average molecular weight is 123 g/mol. The van der Waals surface area contributed by atoms with Crippen molar-refractivity contribution in [2.45, 2.75) is 25.3 Å². The molecule has 0 aromatic carbocycles. The van der Waals surface area contributed by atoms with Crippen molar-refractivity contribution in [1.29, 1.82) is 0 Å². The van der Waals surface area contributed by atoms with E-state index < -0.39 is 0 Å². The van der Waals surface area contributed by atoms with Gasteiger partial charge in [0.1, 0.15) is 0 Å². The molecule has 0 radical (unpaired) electrons. The van der Waals surface area contributed by atoms with Crippen molar-refractivity contribution in [3.8, 4) is 0 Å². The molecule has 3 rings (SSSR count). The Bertz CT molecular complexity index is 124. The normalized spacial score (nSPS) is 61.3. The summed E-state index contributed by atoms with van der Waals surface area (Å²) >= 11 is 0. The van der Waals surface area contributed by atoms with Crippen LogP contribution in [0.4, 0.5) is 0 Å². The molecule has 1 saturated heterocycles. The molecule has 3 unspecified atom stereocenters. The van der Waals surface area contributed by atoms with Gasteiger partial charge in [0.05, 0.1) is 0 Å². The number of hydrogen-bond acceptors (Lipinski definition) is 1. The minimum atomic E-state index is 0.953. The highest BCUT2D eigenvalue weighted by Crippen LogP contribution is 2.52. The smallest absolute Gasteiger partial charge is 0.0101 e. The van der Waals surface area contributed by atoms with Gasteiger partial charge in [-0.15, -0.1) is 0 Å². The number of piperidine rings is 1. The van der Waals surface area contributed by atoms with Crippen LogP contribution in [0.2, 0.25) is 0 Å². The number of rotatable bonds is 0. The molecule has 3 aliphatic rings. The van der Waals surface area contributed by atoms with E-state index in [4.69, 9.17) is 0 Å². The van der Waals surface area contributed by atoms with Crippen LogP contribution >= 0.6 is 0 Å². The van der Waals surface area contributed by atoms with E-state index in [1.165, 1.54) is 19.4 Å². The molecule has 0 aromatic heterocycles. The van der Waals surface area contributed by atoms with Gasteiger partial charge in [-0.25, -0.2) is 0 Å². The SMILES string of the molecule is C1CC2C1C1C[C@H]2CN1. The van der Waals surface area contributed by atoms with Gasteiger partial charge in [0.25, 0.3) is 0 Å². The van der Waals surface area contributed by atoms with E-state index in [2.05, 4.69) is 5.32 Å². The summed E-state index contributed by atoms with van der Waals surface area (Å²) in [6, 6.07) is 0.953. The molecule has 2 aliphatic carbocycles. The molecular formula is C8H13N. The maximum absolute atomic E-state index is 3.59. The summed E-state index contributed by atoms with van der Waals surface area (Å²) in [5, 5.41) is 3.59. The van der Waals surface area contributed by atoms with Gasteiger partial charge in [-0.05, 0) is 43.6 Å². The van der Waals surface area contributed by atoms with Gasteiger partial charge in [0.15, 0.2) is 0 Å². The van der Waals surface area contributed by atoms with E-state index in [1.807, 2.05) is 0 Å². The van der Waals surface area contributed by atoms with Gasteiger partial charge < -0.3 is 5.32 Å². The quantitative estimate of drug-likeness (QED) is 0.507. The molecule has 0 amide bonds. The van der Waals surface area contributed by atoms with Gasteiger partial charge in [-0.3, -0.25) is 0 Å². The third-order valence-electron chi connectivity index (χ3n) is 3.70. The molecule has 2 bridgehead atoms. The maximum atomic E-state index is 3.59. The summed E-state index contributed by atoms with van der Waals surface area (Å²) in [6.45, 7) is 1.34. The van der Waals surface area contributed by atoms with Crippen LogP contribution in [0, 0.1) is 17.8 Å². The Hall–Kier alpha value is -0.0400. The zero-order valence-corrected chi connectivity index (χ0v) is 5.64. The first-order valence-corrected chi connectivity index (χ1v) is 4.18. The standard InChI is InChI=1S/C8H13N/c1-2-7-6(1)5-3-8(7)9-4-5/h5-9H,1-4H2/t5-,6?,7?,8?/m0/s1. The minimum Gasteiger partial charge on any atom is -0.313 e. The minimum absolute atomic E-state index is 0.953. The Labute approximate surface area is 55.8 Å². The second-order valence-corrected chi connectivity index (χ2v) is 3.92. The predicted octanol–water partition coefficient (Wildman–Crippen LogP) is 1.00. The van der Waals surface area contributed by atoms with E-state index >= 15 is 0 Å². The van der Waals surface area contributed by atoms with E-state index in [9.17, 15) is 0 Å². The zero-order valence-electron chi connectivity index (χ0n) is 5.64. The Morgan fingerprint density at radius 2 is 2.00 bits per heavy atom. The molecule has 0 spiro atoms. The predicted molar refractivity (Wildman–Crippen MR) is 36.1 cm³/mol. The van der Waals surface area contributed by atoms with Gasteiger partial charge in [0, 0.05) is 6.04 Å². The van der Waals surface area contributed by atoms with Crippen LogP contribution in [0.3, 0.4) is 0 Å². The average Bonchev–Trinajstić information content (AvgIpc) is 2.18. The summed E-state index contributed by atoms with van der Waals surface area (Å²) in [5.74, 6) is 3.37. The molecular weight excluding hydrogens is 110 g/mol. The summed E-state index contributed by atoms with van der Waals surface area (Å²) < 4.78 is 0. The second kappa shape index (κ2) is 1.34. The molecule has 1 nitrogen and oxygen atoms in total. The van der Waals surface area contributed by atoms with Crippen molar-refractivity contribution in [1.82, 2.24) is 5.32 Å². The third-order valence-corrected chi connectivity index (χ3v) is 3.70. The molecule has 9 heavy (non-hydrogen) atoms. The van der Waals surface area contributed by atoms with Crippen molar-refractivity contribution in [2.75, 3.05) is 6.54 Å². The van der Waals surface area contributed by atoms with Crippen LogP contribution in [0.5, 0.6) is 0 Å². The van der Waals surface area contributed by atoms with Gasteiger partial charge in [0.2, 0.25) is 0 Å². The van der Waals surface area contributed by atoms with Crippen LogP contribution in [0.1, 0.15) is 19.3 Å². The van der Waals surface area contributed by atoms with Gasteiger partial charge in [-0.1, -0.05) is 0 Å². The number of nitrogens with one attached hydrogen (secondary N) is 1. The van der Waals surface area contributed by atoms with Crippen molar-refractivity contribution >= 4 is 0 Å². The number of hydrogen-bond donors (Lipinski definition) is 1. The lowest BCUT2D eigenvalue weighted by Gasteiger charge is -2.40. The molecule has 0 aromatic rings. The lowest BCUT2D eigenvalue weighted by atomic mass is 9.70. The Morgan fingerprint density at radius 1 is 1.11 bits per heavy atom. The van der Waals surface area contributed by atoms with Crippen LogP contribution < -0.4 is 5.32 Å². The first-order chi connectivity index (χ1) is 4.45. The van der Waals surface area contributed by atoms with Crippen LogP contribution in [0.25, 0.3) is 0 Å².